The fraction of sp³-hybridized carbons (Fsp3) is 0.571. The van der Waals surface area contributed by atoms with Gasteiger partial charge in [0.1, 0.15) is 0 Å². The van der Waals surface area contributed by atoms with Gasteiger partial charge in [0.2, 0.25) is 0 Å². The molecule has 2 fully saturated rings. The molecular formula is C21H28N4O2. The van der Waals surface area contributed by atoms with Gasteiger partial charge < -0.3 is 9.47 Å². The summed E-state index contributed by atoms with van der Waals surface area (Å²) in [7, 11) is 0. The first-order valence-electron chi connectivity index (χ1n) is 9.82. The lowest BCUT2D eigenvalue weighted by atomic mass is 9.79. The van der Waals surface area contributed by atoms with E-state index >= 15 is 0 Å². The van der Waals surface area contributed by atoms with E-state index < -0.39 is 0 Å². The standard InChI is InChI=1S/C21H28N4O2/c1-16-4-3-5-19(23-16)13-25-14-21(15-25)12-18(8-11-27-21)7-10-26-20-22-9-6-17(2)24-20/h3-6,9,18H,7-8,10-15H2,1-2H3. The molecule has 4 heterocycles. The Hall–Kier alpha value is -2.05. The number of hydrogen-bond donors (Lipinski definition) is 0. The van der Waals surface area contributed by atoms with E-state index in [0.29, 0.717) is 18.5 Å². The summed E-state index contributed by atoms with van der Waals surface area (Å²) < 4.78 is 11.9. The van der Waals surface area contributed by atoms with Crippen LogP contribution in [0, 0.1) is 19.8 Å². The van der Waals surface area contributed by atoms with E-state index in [1.165, 1.54) is 0 Å². The highest BCUT2D eigenvalue weighted by atomic mass is 16.5. The molecule has 6 heteroatoms. The van der Waals surface area contributed by atoms with E-state index in [4.69, 9.17) is 9.47 Å². The molecule has 4 rings (SSSR count). The van der Waals surface area contributed by atoms with Crippen molar-refractivity contribution in [2.24, 2.45) is 5.92 Å². The fourth-order valence-electron chi connectivity index (χ4n) is 4.21. The van der Waals surface area contributed by atoms with Crippen LogP contribution in [-0.2, 0) is 11.3 Å². The zero-order chi connectivity index (χ0) is 18.7. The predicted molar refractivity (Wildman–Crippen MR) is 103 cm³/mol. The Morgan fingerprint density at radius 2 is 2.04 bits per heavy atom. The van der Waals surface area contributed by atoms with Crippen molar-refractivity contribution in [3.05, 3.63) is 47.5 Å². The summed E-state index contributed by atoms with van der Waals surface area (Å²) in [6.45, 7) is 8.42. The van der Waals surface area contributed by atoms with Crippen LogP contribution >= 0.6 is 0 Å². The molecule has 0 amide bonds. The maximum atomic E-state index is 6.18. The minimum absolute atomic E-state index is 0.0343. The molecule has 1 atom stereocenters. The third kappa shape index (κ3) is 4.62. The van der Waals surface area contributed by atoms with Crippen LogP contribution in [0.1, 0.15) is 36.3 Å². The van der Waals surface area contributed by atoms with Crippen molar-refractivity contribution in [1.82, 2.24) is 19.9 Å². The van der Waals surface area contributed by atoms with Gasteiger partial charge in [-0.3, -0.25) is 9.88 Å². The quantitative estimate of drug-likeness (QED) is 0.781. The first-order chi connectivity index (χ1) is 13.1. The van der Waals surface area contributed by atoms with Gasteiger partial charge in [-0.1, -0.05) is 6.07 Å². The van der Waals surface area contributed by atoms with Crippen LogP contribution in [0.4, 0.5) is 0 Å². The molecule has 2 aliphatic rings. The van der Waals surface area contributed by atoms with Crippen LogP contribution in [0.25, 0.3) is 0 Å². The van der Waals surface area contributed by atoms with Crippen LogP contribution in [0.5, 0.6) is 6.01 Å². The Bertz CT molecular complexity index is 776. The number of nitrogens with zero attached hydrogens (tertiary/aromatic N) is 4. The van der Waals surface area contributed by atoms with Crippen LogP contribution in [-0.4, -0.2) is 51.8 Å². The number of aryl methyl sites for hydroxylation is 2. The van der Waals surface area contributed by atoms with E-state index in [2.05, 4.69) is 32.0 Å². The molecular weight excluding hydrogens is 340 g/mol. The Kier molecular flexibility index (Phi) is 5.36. The summed E-state index contributed by atoms with van der Waals surface area (Å²) in [4.78, 5) is 15.5. The lowest BCUT2D eigenvalue weighted by Gasteiger charge is -2.53. The lowest BCUT2D eigenvalue weighted by Crippen LogP contribution is -2.64. The Morgan fingerprint density at radius 3 is 2.85 bits per heavy atom. The van der Waals surface area contributed by atoms with Gasteiger partial charge >= 0.3 is 6.01 Å². The second kappa shape index (κ2) is 7.90. The maximum absolute atomic E-state index is 6.18. The Morgan fingerprint density at radius 1 is 1.19 bits per heavy atom. The normalized spacial score (nSPS) is 21.8. The zero-order valence-electron chi connectivity index (χ0n) is 16.2. The van der Waals surface area contributed by atoms with Crippen LogP contribution in [0.15, 0.2) is 30.5 Å². The summed E-state index contributed by atoms with van der Waals surface area (Å²) in [5.41, 5.74) is 3.19. The van der Waals surface area contributed by atoms with E-state index in [0.717, 1.165) is 62.6 Å². The van der Waals surface area contributed by atoms with Crippen molar-refractivity contribution >= 4 is 0 Å². The van der Waals surface area contributed by atoms with Crippen molar-refractivity contribution in [2.45, 2.75) is 45.3 Å². The van der Waals surface area contributed by atoms with Gasteiger partial charge in [-0.05, 0) is 57.2 Å². The van der Waals surface area contributed by atoms with Crippen LogP contribution in [0.3, 0.4) is 0 Å². The third-order valence-corrected chi connectivity index (χ3v) is 5.48. The van der Waals surface area contributed by atoms with Gasteiger partial charge in [0.15, 0.2) is 0 Å². The third-order valence-electron chi connectivity index (χ3n) is 5.48. The average Bonchev–Trinajstić information content (AvgIpc) is 2.61. The molecule has 1 spiro atoms. The highest BCUT2D eigenvalue weighted by Crippen LogP contribution is 2.38. The fourth-order valence-corrected chi connectivity index (χ4v) is 4.21. The van der Waals surface area contributed by atoms with Gasteiger partial charge in [0, 0.05) is 43.8 Å². The summed E-state index contributed by atoms with van der Waals surface area (Å²) in [6, 6.07) is 8.59. The van der Waals surface area contributed by atoms with Gasteiger partial charge in [-0.25, -0.2) is 9.97 Å². The predicted octanol–water partition coefficient (Wildman–Crippen LogP) is 2.94. The Balaban J connectivity index is 1.23. The van der Waals surface area contributed by atoms with Crippen molar-refractivity contribution in [3.63, 3.8) is 0 Å². The molecule has 144 valence electrons. The average molecular weight is 368 g/mol. The molecule has 2 aromatic heterocycles. The number of hydrogen-bond acceptors (Lipinski definition) is 6. The van der Waals surface area contributed by atoms with E-state index in [-0.39, 0.29) is 5.60 Å². The largest absolute Gasteiger partial charge is 0.463 e. The number of ether oxygens (including phenoxy) is 2. The summed E-state index contributed by atoms with van der Waals surface area (Å²) in [5.74, 6) is 0.641. The second-order valence-electron chi connectivity index (χ2n) is 7.92. The first-order valence-corrected chi connectivity index (χ1v) is 9.82. The SMILES string of the molecule is Cc1cccc(CN2CC3(CC(CCOc4nccc(C)n4)CCO3)C2)n1. The van der Waals surface area contributed by atoms with Gasteiger partial charge in [-0.2, -0.15) is 0 Å². The molecule has 1 unspecified atom stereocenters. The van der Waals surface area contributed by atoms with Gasteiger partial charge in [0.05, 0.1) is 17.9 Å². The zero-order valence-corrected chi connectivity index (χ0v) is 16.2. The molecule has 0 aliphatic carbocycles. The lowest BCUT2D eigenvalue weighted by molar-refractivity contribution is -0.182. The maximum Gasteiger partial charge on any atom is 0.316 e. The molecule has 6 nitrogen and oxygen atoms in total. The molecule has 0 saturated carbocycles. The van der Waals surface area contributed by atoms with Crippen molar-refractivity contribution in [2.75, 3.05) is 26.3 Å². The minimum atomic E-state index is 0.0343. The van der Waals surface area contributed by atoms with Crippen LogP contribution in [0.2, 0.25) is 0 Å². The van der Waals surface area contributed by atoms with Gasteiger partial charge in [-0.15, -0.1) is 0 Å². The summed E-state index contributed by atoms with van der Waals surface area (Å²) in [6.07, 6.45) is 5.00. The molecule has 0 aromatic carbocycles. The smallest absolute Gasteiger partial charge is 0.316 e. The summed E-state index contributed by atoms with van der Waals surface area (Å²) in [5, 5.41) is 0. The Labute approximate surface area is 161 Å². The highest BCUT2D eigenvalue weighted by Gasteiger charge is 2.47. The molecule has 0 N–H and O–H groups in total. The van der Waals surface area contributed by atoms with E-state index in [1.807, 2.05) is 26.0 Å². The second-order valence-corrected chi connectivity index (χ2v) is 7.92. The monoisotopic (exact) mass is 368 g/mol. The molecule has 2 saturated heterocycles. The molecule has 2 aliphatic heterocycles. The van der Waals surface area contributed by atoms with Crippen molar-refractivity contribution < 1.29 is 9.47 Å². The topological polar surface area (TPSA) is 60.4 Å². The number of aromatic nitrogens is 3. The summed E-state index contributed by atoms with van der Waals surface area (Å²) >= 11 is 0. The molecule has 0 radical (unpaired) electrons. The highest BCUT2D eigenvalue weighted by molar-refractivity contribution is 5.11. The molecule has 0 bridgehead atoms. The van der Waals surface area contributed by atoms with Crippen LogP contribution < -0.4 is 4.74 Å². The number of rotatable bonds is 6. The minimum Gasteiger partial charge on any atom is -0.463 e. The number of pyridine rings is 1. The molecule has 2 aromatic rings. The van der Waals surface area contributed by atoms with E-state index in [9.17, 15) is 0 Å². The van der Waals surface area contributed by atoms with Crippen molar-refractivity contribution in [1.29, 1.82) is 0 Å². The first kappa shape index (κ1) is 18.3. The van der Waals surface area contributed by atoms with Crippen molar-refractivity contribution in [3.8, 4) is 6.01 Å². The van der Waals surface area contributed by atoms with E-state index in [1.54, 1.807) is 6.20 Å². The molecule has 27 heavy (non-hydrogen) atoms. The number of likely N-dealkylation sites (tertiary alicyclic amines) is 1. The van der Waals surface area contributed by atoms with Gasteiger partial charge in [0.25, 0.3) is 0 Å².